The number of nitrogens with zero attached hydrogens (tertiary/aromatic N) is 1. The molecule has 2 N–H and O–H groups in total. The van der Waals surface area contributed by atoms with E-state index in [-0.39, 0.29) is 6.42 Å². The summed E-state index contributed by atoms with van der Waals surface area (Å²) in [6, 6.07) is -0.433. The molecule has 0 spiro atoms. The van der Waals surface area contributed by atoms with Crippen LogP contribution in [0, 0.1) is 0 Å². The van der Waals surface area contributed by atoms with E-state index in [2.05, 4.69) is 4.98 Å². The second-order valence-corrected chi connectivity index (χ2v) is 4.06. The Morgan fingerprint density at radius 3 is 2.71 bits per heavy atom. The Labute approximate surface area is 84.0 Å². The number of hydrogen-bond acceptors (Lipinski definition) is 3. The van der Waals surface area contributed by atoms with E-state index < -0.39 is 18.6 Å². The van der Waals surface area contributed by atoms with Crippen molar-refractivity contribution >= 4 is 11.3 Å². The SMILES string of the molecule is NC(CCC(F)(F)F)Cc1cncs1. The summed E-state index contributed by atoms with van der Waals surface area (Å²) < 4.78 is 35.5. The Morgan fingerprint density at radius 2 is 2.21 bits per heavy atom. The van der Waals surface area contributed by atoms with Crippen LogP contribution in [0.3, 0.4) is 0 Å². The standard InChI is InChI=1S/C8H11F3N2S/c9-8(10,11)2-1-6(12)3-7-4-13-5-14-7/h4-6H,1-3,12H2. The first-order chi connectivity index (χ1) is 6.47. The molecule has 0 amide bonds. The molecule has 0 aromatic carbocycles. The molecule has 14 heavy (non-hydrogen) atoms. The second-order valence-electron chi connectivity index (χ2n) is 3.09. The maximum absolute atomic E-state index is 11.8. The van der Waals surface area contributed by atoms with Crippen LogP contribution in [-0.2, 0) is 6.42 Å². The molecular weight excluding hydrogens is 213 g/mol. The van der Waals surface area contributed by atoms with E-state index in [0.717, 1.165) is 4.88 Å². The molecule has 1 aromatic heterocycles. The highest BCUT2D eigenvalue weighted by Crippen LogP contribution is 2.22. The molecule has 0 saturated carbocycles. The predicted octanol–water partition coefficient (Wildman–Crippen LogP) is 2.36. The van der Waals surface area contributed by atoms with Crippen molar-refractivity contribution in [2.75, 3.05) is 0 Å². The molecular formula is C8H11F3N2S. The van der Waals surface area contributed by atoms with Gasteiger partial charge in [0.15, 0.2) is 0 Å². The van der Waals surface area contributed by atoms with Crippen molar-refractivity contribution in [1.29, 1.82) is 0 Å². The van der Waals surface area contributed by atoms with E-state index in [0.29, 0.717) is 6.42 Å². The molecule has 2 nitrogen and oxygen atoms in total. The van der Waals surface area contributed by atoms with Crippen molar-refractivity contribution in [3.63, 3.8) is 0 Å². The zero-order chi connectivity index (χ0) is 10.6. The molecule has 1 rings (SSSR count). The van der Waals surface area contributed by atoms with Gasteiger partial charge in [-0.05, 0) is 12.8 Å². The first-order valence-corrected chi connectivity index (χ1v) is 5.05. The van der Waals surface area contributed by atoms with Crippen molar-refractivity contribution in [3.05, 3.63) is 16.6 Å². The molecule has 0 bridgehead atoms. The van der Waals surface area contributed by atoms with Gasteiger partial charge >= 0.3 is 6.18 Å². The van der Waals surface area contributed by atoms with Crippen LogP contribution in [0.2, 0.25) is 0 Å². The number of nitrogens with two attached hydrogens (primary N) is 1. The van der Waals surface area contributed by atoms with Crippen LogP contribution < -0.4 is 5.73 Å². The maximum atomic E-state index is 11.8. The first-order valence-electron chi connectivity index (χ1n) is 4.17. The van der Waals surface area contributed by atoms with Gasteiger partial charge in [0.25, 0.3) is 0 Å². The Hall–Kier alpha value is -0.620. The Kier molecular flexibility index (Phi) is 3.88. The summed E-state index contributed by atoms with van der Waals surface area (Å²) in [6.07, 6.45) is -2.83. The van der Waals surface area contributed by atoms with Gasteiger partial charge in [0.05, 0.1) is 5.51 Å². The third-order valence-corrected chi connectivity index (χ3v) is 2.55. The topological polar surface area (TPSA) is 38.9 Å². The molecule has 6 heteroatoms. The molecule has 0 saturated heterocycles. The zero-order valence-corrected chi connectivity index (χ0v) is 8.24. The lowest BCUT2D eigenvalue weighted by Gasteiger charge is -2.11. The van der Waals surface area contributed by atoms with Crippen molar-refractivity contribution in [2.24, 2.45) is 5.73 Å². The summed E-state index contributed by atoms with van der Waals surface area (Å²) >= 11 is 1.41. The second kappa shape index (κ2) is 4.75. The van der Waals surface area contributed by atoms with Crippen molar-refractivity contribution in [2.45, 2.75) is 31.5 Å². The average molecular weight is 224 g/mol. The van der Waals surface area contributed by atoms with Crippen molar-refractivity contribution < 1.29 is 13.2 Å². The third kappa shape index (κ3) is 4.57. The minimum atomic E-state index is -4.11. The summed E-state index contributed by atoms with van der Waals surface area (Å²) in [5.41, 5.74) is 7.20. The molecule has 1 unspecified atom stereocenters. The van der Waals surface area contributed by atoms with E-state index in [1.165, 1.54) is 11.3 Å². The minimum absolute atomic E-state index is 0.0264. The van der Waals surface area contributed by atoms with Crippen molar-refractivity contribution in [1.82, 2.24) is 4.98 Å². The van der Waals surface area contributed by atoms with Gasteiger partial charge in [0.2, 0.25) is 0 Å². The van der Waals surface area contributed by atoms with Crippen molar-refractivity contribution in [3.8, 4) is 0 Å². The summed E-state index contributed by atoms with van der Waals surface area (Å²) in [5.74, 6) is 0. The van der Waals surface area contributed by atoms with Crippen LogP contribution in [0.4, 0.5) is 13.2 Å². The summed E-state index contributed by atoms with van der Waals surface area (Å²) in [6.45, 7) is 0. The zero-order valence-electron chi connectivity index (χ0n) is 7.42. The number of alkyl halides is 3. The average Bonchev–Trinajstić information content (AvgIpc) is 2.52. The van der Waals surface area contributed by atoms with Gasteiger partial charge in [-0.25, -0.2) is 0 Å². The molecule has 80 valence electrons. The summed E-state index contributed by atoms with van der Waals surface area (Å²) in [5, 5.41) is 0. The first kappa shape index (κ1) is 11.5. The fraction of sp³-hybridized carbons (Fsp3) is 0.625. The van der Waals surface area contributed by atoms with Crippen LogP contribution in [0.5, 0.6) is 0 Å². The molecule has 0 aliphatic rings. The van der Waals surface area contributed by atoms with E-state index in [1.54, 1.807) is 11.7 Å². The molecule has 1 aromatic rings. The summed E-state index contributed by atoms with van der Waals surface area (Å²) in [7, 11) is 0. The minimum Gasteiger partial charge on any atom is -0.327 e. The fourth-order valence-corrected chi connectivity index (χ4v) is 1.74. The van der Waals surface area contributed by atoms with Crippen LogP contribution in [0.1, 0.15) is 17.7 Å². The monoisotopic (exact) mass is 224 g/mol. The van der Waals surface area contributed by atoms with E-state index in [1.807, 2.05) is 0 Å². The quantitative estimate of drug-likeness (QED) is 0.852. The number of thiazole rings is 1. The van der Waals surface area contributed by atoms with Gasteiger partial charge in [-0.1, -0.05) is 0 Å². The van der Waals surface area contributed by atoms with Gasteiger partial charge in [0.1, 0.15) is 0 Å². The summed E-state index contributed by atoms with van der Waals surface area (Å²) in [4.78, 5) is 4.76. The van der Waals surface area contributed by atoms with Gasteiger partial charge in [-0.3, -0.25) is 4.98 Å². The van der Waals surface area contributed by atoms with Crippen LogP contribution >= 0.6 is 11.3 Å². The lowest BCUT2D eigenvalue weighted by molar-refractivity contribution is -0.136. The Bertz CT molecular complexity index is 258. The third-order valence-electron chi connectivity index (χ3n) is 1.75. The maximum Gasteiger partial charge on any atom is 0.389 e. The molecule has 0 radical (unpaired) electrons. The number of rotatable bonds is 4. The van der Waals surface area contributed by atoms with E-state index in [4.69, 9.17) is 5.73 Å². The molecule has 1 atom stereocenters. The highest BCUT2D eigenvalue weighted by molar-refractivity contribution is 7.09. The largest absolute Gasteiger partial charge is 0.389 e. The molecule has 1 heterocycles. The molecule has 0 aliphatic carbocycles. The smallest absolute Gasteiger partial charge is 0.327 e. The predicted molar refractivity (Wildman–Crippen MR) is 49.1 cm³/mol. The van der Waals surface area contributed by atoms with Gasteiger partial charge in [0, 0.05) is 23.5 Å². The molecule has 0 fully saturated rings. The number of hydrogen-bond donors (Lipinski definition) is 1. The van der Waals surface area contributed by atoms with Gasteiger partial charge in [-0.2, -0.15) is 13.2 Å². The van der Waals surface area contributed by atoms with Crippen LogP contribution in [0.15, 0.2) is 11.7 Å². The van der Waals surface area contributed by atoms with Crippen LogP contribution in [0.25, 0.3) is 0 Å². The van der Waals surface area contributed by atoms with Gasteiger partial charge in [-0.15, -0.1) is 11.3 Å². The van der Waals surface area contributed by atoms with Gasteiger partial charge < -0.3 is 5.73 Å². The lowest BCUT2D eigenvalue weighted by atomic mass is 10.1. The van der Waals surface area contributed by atoms with E-state index in [9.17, 15) is 13.2 Å². The normalized spacial score (nSPS) is 14.3. The molecule has 0 aliphatic heterocycles. The highest BCUT2D eigenvalue weighted by atomic mass is 32.1. The Balaban J connectivity index is 2.26. The highest BCUT2D eigenvalue weighted by Gasteiger charge is 2.27. The van der Waals surface area contributed by atoms with E-state index >= 15 is 0 Å². The number of aromatic nitrogens is 1. The number of halogens is 3. The fourth-order valence-electron chi connectivity index (χ4n) is 1.05. The lowest BCUT2D eigenvalue weighted by Crippen LogP contribution is -2.24. The Morgan fingerprint density at radius 1 is 1.50 bits per heavy atom. The van der Waals surface area contributed by atoms with Crippen LogP contribution in [-0.4, -0.2) is 17.2 Å².